The summed E-state index contributed by atoms with van der Waals surface area (Å²) in [6, 6.07) is 22.9. The number of nitrogens with one attached hydrogen (secondary N) is 4. The molecule has 1 aliphatic rings. The maximum absolute atomic E-state index is 13.9. The number of fused-ring (bicyclic) bond motifs is 1. The highest BCUT2D eigenvalue weighted by molar-refractivity contribution is 5.89. The van der Waals surface area contributed by atoms with E-state index in [9.17, 15) is 19.5 Å². The number of carbonyl (C=O) groups is 3. The average Bonchev–Trinajstić information content (AvgIpc) is 3.14. The minimum atomic E-state index is -0.916. The molecule has 0 aromatic heterocycles. The Kier molecular flexibility index (Phi) is 11.1. The highest BCUT2D eigenvalue weighted by Gasteiger charge is 2.32. The summed E-state index contributed by atoms with van der Waals surface area (Å²) in [4.78, 5) is 40.5. The summed E-state index contributed by atoms with van der Waals surface area (Å²) in [5.74, 6) is -0.418. The molecule has 4 rings (SSSR count). The molecular weight excluding hydrogens is 558 g/mol. The molecule has 6 N–H and O–H groups in total. The molecule has 44 heavy (non-hydrogen) atoms. The van der Waals surface area contributed by atoms with Gasteiger partial charge >= 0.3 is 6.03 Å². The Morgan fingerprint density at radius 1 is 1.00 bits per heavy atom. The lowest BCUT2D eigenvalue weighted by Crippen LogP contribution is -2.51. The predicted octanol–water partition coefficient (Wildman–Crippen LogP) is 2.46. The molecule has 10 nitrogen and oxygen atoms in total. The van der Waals surface area contributed by atoms with Crippen LogP contribution in [-0.4, -0.2) is 70.8 Å². The van der Waals surface area contributed by atoms with Gasteiger partial charge in [-0.25, -0.2) is 4.79 Å². The lowest BCUT2D eigenvalue weighted by molar-refractivity contribution is -0.137. The summed E-state index contributed by atoms with van der Waals surface area (Å²) >= 11 is 0. The second-order valence-corrected chi connectivity index (χ2v) is 11.9. The van der Waals surface area contributed by atoms with Crippen molar-refractivity contribution in [3.05, 3.63) is 95.1 Å². The molecule has 0 unspecified atom stereocenters. The Hall–Kier alpha value is -4.25. The standard InChI is InChI=1S/C34H43N5O5/c1-34(2,37-19-28(41)22-40)17-31(42)38-30-16-25-8-4-5-10-27(25)21-39(32(30)43)20-23-12-14-24(15-13-23)29-11-7-6-9-26(29)18-36-33(44)35-3/h4-15,28,30,37,40-41H,16-22H2,1-3H3,(H,38,42)(H2,35,36,44)/t28-,30+/m0/s1. The summed E-state index contributed by atoms with van der Waals surface area (Å²) in [5.41, 5.74) is 5.39. The first-order valence-electron chi connectivity index (χ1n) is 14.9. The van der Waals surface area contributed by atoms with Crippen LogP contribution in [0.4, 0.5) is 4.79 Å². The number of hydrogen-bond acceptors (Lipinski definition) is 6. The third-order valence-corrected chi connectivity index (χ3v) is 7.80. The molecule has 0 saturated carbocycles. The SMILES string of the molecule is CNC(=O)NCc1ccccc1-c1ccc(CN2Cc3ccccc3C[C@@H](NC(=O)CC(C)(C)NC[C@H](O)CO)C2=O)cc1. The number of hydrogen-bond donors (Lipinski definition) is 6. The topological polar surface area (TPSA) is 143 Å². The zero-order valence-corrected chi connectivity index (χ0v) is 25.6. The van der Waals surface area contributed by atoms with Crippen molar-refractivity contribution < 1.29 is 24.6 Å². The number of rotatable bonds is 12. The number of nitrogens with zero attached hydrogens (tertiary/aromatic N) is 1. The molecule has 3 aromatic carbocycles. The number of carbonyl (C=O) groups excluding carboxylic acids is 3. The fraction of sp³-hybridized carbons (Fsp3) is 0.382. The Balaban J connectivity index is 1.48. The first kappa shape index (κ1) is 32.7. The van der Waals surface area contributed by atoms with Crippen molar-refractivity contribution in [1.82, 2.24) is 26.2 Å². The highest BCUT2D eigenvalue weighted by Crippen LogP contribution is 2.26. The molecule has 1 aliphatic heterocycles. The van der Waals surface area contributed by atoms with Crippen LogP contribution in [0.25, 0.3) is 11.1 Å². The first-order chi connectivity index (χ1) is 21.1. The van der Waals surface area contributed by atoms with E-state index in [1.165, 1.54) is 0 Å². The number of aliphatic hydroxyl groups excluding tert-OH is 2. The quantitative estimate of drug-likeness (QED) is 0.188. The lowest BCUT2D eigenvalue weighted by atomic mass is 9.98. The minimum Gasteiger partial charge on any atom is -0.394 e. The largest absolute Gasteiger partial charge is 0.394 e. The van der Waals surface area contributed by atoms with E-state index in [0.29, 0.717) is 26.1 Å². The van der Waals surface area contributed by atoms with E-state index in [1.807, 2.05) is 86.6 Å². The van der Waals surface area contributed by atoms with E-state index >= 15 is 0 Å². The van der Waals surface area contributed by atoms with Crippen LogP contribution < -0.4 is 21.3 Å². The maximum Gasteiger partial charge on any atom is 0.314 e. The van der Waals surface area contributed by atoms with Gasteiger partial charge in [0.05, 0.1) is 12.7 Å². The summed E-state index contributed by atoms with van der Waals surface area (Å²) in [5, 5.41) is 30.2. The normalized spacial score (nSPS) is 15.6. The fourth-order valence-electron chi connectivity index (χ4n) is 5.37. The number of amides is 4. The van der Waals surface area contributed by atoms with Crippen LogP contribution in [0.15, 0.2) is 72.8 Å². The Labute approximate surface area is 258 Å². The first-order valence-corrected chi connectivity index (χ1v) is 14.9. The molecule has 0 saturated heterocycles. The number of benzene rings is 3. The van der Waals surface area contributed by atoms with E-state index in [1.54, 1.807) is 11.9 Å². The van der Waals surface area contributed by atoms with Crippen molar-refractivity contribution in [2.45, 2.75) is 64.0 Å². The molecule has 4 amide bonds. The van der Waals surface area contributed by atoms with E-state index < -0.39 is 17.7 Å². The van der Waals surface area contributed by atoms with Crippen LogP contribution in [-0.2, 0) is 35.6 Å². The number of aliphatic hydroxyl groups is 2. The van der Waals surface area contributed by atoms with Crippen molar-refractivity contribution >= 4 is 17.8 Å². The van der Waals surface area contributed by atoms with Crippen molar-refractivity contribution in [1.29, 1.82) is 0 Å². The van der Waals surface area contributed by atoms with Crippen molar-refractivity contribution in [2.24, 2.45) is 0 Å². The molecule has 234 valence electrons. The molecule has 0 spiro atoms. The smallest absolute Gasteiger partial charge is 0.314 e. The van der Waals surface area contributed by atoms with Gasteiger partial charge < -0.3 is 36.4 Å². The number of urea groups is 1. The van der Waals surface area contributed by atoms with Gasteiger partial charge in [0.15, 0.2) is 0 Å². The van der Waals surface area contributed by atoms with Crippen molar-refractivity contribution in [3.8, 4) is 11.1 Å². The van der Waals surface area contributed by atoms with Crippen LogP contribution in [0.2, 0.25) is 0 Å². The fourth-order valence-corrected chi connectivity index (χ4v) is 5.37. The van der Waals surface area contributed by atoms with Gasteiger partial charge in [0.1, 0.15) is 6.04 Å². The molecule has 0 aliphatic carbocycles. The second kappa shape index (κ2) is 15.0. The molecule has 0 bridgehead atoms. The van der Waals surface area contributed by atoms with E-state index in [4.69, 9.17) is 5.11 Å². The summed E-state index contributed by atoms with van der Waals surface area (Å²) in [6.07, 6.45) is -0.424. The predicted molar refractivity (Wildman–Crippen MR) is 169 cm³/mol. The van der Waals surface area contributed by atoms with Crippen molar-refractivity contribution in [2.75, 3.05) is 20.2 Å². The molecule has 0 radical (unpaired) electrons. The summed E-state index contributed by atoms with van der Waals surface area (Å²) < 4.78 is 0. The van der Waals surface area contributed by atoms with E-state index in [2.05, 4.69) is 21.3 Å². The van der Waals surface area contributed by atoms with Crippen LogP contribution in [0.3, 0.4) is 0 Å². The van der Waals surface area contributed by atoms with Gasteiger partial charge in [-0.05, 0) is 47.2 Å². The third kappa shape index (κ3) is 8.89. The molecule has 3 aromatic rings. The third-order valence-electron chi connectivity index (χ3n) is 7.80. The molecular formula is C34H43N5O5. The molecule has 0 fully saturated rings. The van der Waals surface area contributed by atoms with Crippen LogP contribution in [0.1, 0.15) is 42.5 Å². The van der Waals surface area contributed by atoms with Crippen molar-refractivity contribution in [3.63, 3.8) is 0 Å². The monoisotopic (exact) mass is 601 g/mol. The van der Waals surface area contributed by atoms with Crippen LogP contribution >= 0.6 is 0 Å². The summed E-state index contributed by atoms with van der Waals surface area (Å²) in [6.45, 7) is 4.67. The van der Waals surface area contributed by atoms with E-state index in [-0.39, 0.29) is 37.4 Å². The molecule has 2 atom stereocenters. The average molecular weight is 602 g/mol. The van der Waals surface area contributed by atoms with Gasteiger partial charge in [-0.15, -0.1) is 0 Å². The van der Waals surface area contributed by atoms with Gasteiger partial charge in [0.2, 0.25) is 11.8 Å². The van der Waals surface area contributed by atoms with Crippen LogP contribution in [0, 0.1) is 0 Å². The van der Waals surface area contributed by atoms with Gasteiger partial charge in [-0.2, -0.15) is 0 Å². The van der Waals surface area contributed by atoms with Gasteiger partial charge in [-0.3, -0.25) is 9.59 Å². The Morgan fingerprint density at radius 3 is 2.39 bits per heavy atom. The van der Waals surface area contributed by atoms with Crippen LogP contribution in [0.5, 0.6) is 0 Å². The molecule has 1 heterocycles. The zero-order chi connectivity index (χ0) is 31.7. The second-order valence-electron chi connectivity index (χ2n) is 11.9. The Morgan fingerprint density at radius 2 is 1.68 bits per heavy atom. The maximum atomic E-state index is 13.9. The van der Waals surface area contributed by atoms with Gasteiger partial charge in [0, 0.05) is 51.6 Å². The lowest BCUT2D eigenvalue weighted by Gasteiger charge is -2.29. The Bertz CT molecular complexity index is 1440. The van der Waals surface area contributed by atoms with E-state index in [0.717, 1.165) is 33.4 Å². The highest BCUT2D eigenvalue weighted by atomic mass is 16.3. The van der Waals surface area contributed by atoms with Gasteiger partial charge in [0.25, 0.3) is 0 Å². The summed E-state index contributed by atoms with van der Waals surface area (Å²) in [7, 11) is 1.58. The number of β-amino-alcohol motifs (C(OH)–C–C–N with tert-alkyl or cyclic N) is 1. The zero-order valence-electron chi connectivity index (χ0n) is 25.6. The molecule has 10 heteroatoms. The van der Waals surface area contributed by atoms with Gasteiger partial charge in [-0.1, -0.05) is 72.8 Å². The minimum absolute atomic E-state index is 0.0954.